The molecule has 0 aliphatic carbocycles. The van der Waals surface area contributed by atoms with Crippen molar-refractivity contribution >= 4 is 16.7 Å². The van der Waals surface area contributed by atoms with Crippen LogP contribution >= 0.6 is 0 Å². The van der Waals surface area contributed by atoms with E-state index in [-0.39, 0.29) is 0 Å². The third kappa shape index (κ3) is 0.968. The zero-order chi connectivity index (χ0) is 10.5. The highest BCUT2D eigenvalue weighted by atomic mass is 15.5. The lowest BCUT2D eigenvalue weighted by Crippen LogP contribution is -2.09. The average Bonchev–Trinajstić information content (AvgIpc) is 2.38. The molecule has 4 N–H and O–H groups in total. The number of hydrogen-bond donors (Lipinski definition) is 2. The van der Waals surface area contributed by atoms with Crippen molar-refractivity contribution in [2.24, 2.45) is 0 Å². The summed E-state index contributed by atoms with van der Waals surface area (Å²) >= 11 is 0. The molecule has 0 aliphatic heterocycles. The summed E-state index contributed by atoms with van der Waals surface area (Å²) in [6.07, 6.45) is 0. The van der Waals surface area contributed by atoms with Crippen molar-refractivity contribution in [2.45, 2.75) is 20.8 Å². The minimum absolute atomic E-state index is 0.503. The van der Waals surface area contributed by atoms with E-state index < -0.39 is 0 Å². The molecular formula is C10H14N4. The third-order valence-electron chi connectivity index (χ3n) is 2.86. The van der Waals surface area contributed by atoms with E-state index in [0.29, 0.717) is 5.82 Å². The van der Waals surface area contributed by atoms with Gasteiger partial charge in [-0.2, -0.15) is 4.79 Å². The van der Waals surface area contributed by atoms with Gasteiger partial charge in [-0.1, -0.05) is 0 Å². The van der Waals surface area contributed by atoms with Gasteiger partial charge in [-0.3, -0.25) is 0 Å². The number of aryl methyl sites for hydroxylation is 2. The highest BCUT2D eigenvalue weighted by Crippen LogP contribution is 2.27. The van der Waals surface area contributed by atoms with Gasteiger partial charge < -0.3 is 11.6 Å². The van der Waals surface area contributed by atoms with Crippen LogP contribution in [0.1, 0.15) is 16.7 Å². The lowest BCUT2D eigenvalue weighted by atomic mass is 10.0. The molecule has 14 heavy (non-hydrogen) atoms. The average molecular weight is 190 g/mol. The smallest absolute Gasteiger partial charge is 0.155 e. The molecule has 1 aromatic heterocycles. The molecule has 0 bridgehead atoms. The molecule has 74 valence electrons. The Balaban J connectivity index is 3.01. The Morgan fingerprint density at radius 2 is 1.86 bits per heavy atom. The van der Waals surface area contributed by atoms with Crippen LogP contribution in [-0.4, -0.2) is 9.89 Å². The number of nitrogens with zero attached hydrogens (tertiary/aromatic N) is 2. The lowest BCUT2D eigenvalue weighted by molar-refractivity contribution is 0.868. The van der Waals surface area contributed by atoms with Crippen LogP contribution in [-0.2, 0) is 0 Å². The number of fused-ring (bicyclic) bond motifs is 1. The first kappa shape index (κ1) is 8.87. The van der Waals surface area contributed by atoms with Gasteiger partial charge in [0.25, 0.3) is 0 Å². The van der Waals surface area contributed by atoms with E-state index in [2.05, 4.69) is 18.9 Å². The van der Waals surface area contributed by atoms with Crippen molar-refractivity contribution in [3.63, 3.8) is 0 Å². The Labute approximate surface area is 82.5 Å². The molecule has 1 aromatic carbocycles. The molecule has 4 nitrogen and oxygen atoms in total. The topological polar surface area (TPSA) is 69.9 Å². The van der Waals surface area contributed by atoms with E-state index in [4.69, 9.17) is 11.6 Å². The Bertz CT molecular complexity index is 511. The van der Waals surface area contributed by atoms with E-state index in [1.807, 2.05) is 13.0 Å². The lowest BCUT2D eigenvalue weighted by Gasteiger charge is -2.06. The summed E-state index contributed by atoms with van der Waals surface area (Å²) in [6.45, 7) is 6.19. The summed E-state index contributed by atoms with van der Waals surface area (Å²) in [5.41, 5.74) is 10.3. The molecule has 0 aliphatic rings. The second kappa shape index (κ2) is 2.64. The minimum atomic E-state index is 0.503. The molecule has 2 aromatic rings. The first-order valence-corrected chi connectivity index (χ1v) is 4.52. The molecule has 0 unspecified atom stereocenters. The van der Waals surface area contributed by atoms with Crippen molar-refractivity contribution < 1.29 is 0 Å². The van der Waals surface area contributed by atoms with Crippen molar-refractivity contribution in [3.05, 3.63) is 22.8 Å². The summed E-state index contributed by atoms with van der Waals surface area (Å²) in [6, 6.07) is 2.01. The van der Waals surface area contributed by atoms with E-state index >= 15 is 0 Å². The van der Waals surface area contributed by atoms with Gasteiger partial charge in [-0.05, 0) is 43.5 Å². The van der Waals surface area contributed by atoms with Crippen molar-refractivity contribution in [2.75, 3.05) is 11.6 Å². The van der Waals surface area contributed by atoms with E-state index in [9.17, 15) is 0 Å². The molecule has 0 saturated heterocycles. The van der Waals surface area contributed by atoms with Crippen molar-refractivity contribution in [1.29, 1.82) is 0 Å². The molecule has 0 spiro atoms. The van der Waals surface area contributed by atoms with Gasteiger partial charge in [0.2, 0.25) is 0 Å². The minimum Gasteiger partial charge on any atom is -0.382 e. The normalized spacial score (nSPS) is 11.1. The first-order valence-electron chi connectivity index (χ1n) is 4.52. The van der Waals surface area contributed by atoms with E-state index in [1.165, 1.54) is 15.9 Å². The summed E-state index contributed by atoms with van der Waals surface area (Å²) in [4.78, 5) is 1.34. The van der Waals surface area contributed by atoms with Crippen LogP contribution in [0.25, 0.3) is 10.9 Å². The SMILES string of the molecule is Cc1cc2c(c(N)nn2N)c(C)c1C. The Hall–Kier alpha value is -1.71. The number of aromatic nitrogens is 2. The summed E-state index contributed by atoms with van der Waals surface area (Å²) in [7, 11) is 0. The molecule has 0 fully saturated rings. The van der Waals surface area contributed by atoms with Crippen LogP contribution in [0.15, 0.2) is 6.07 Å². The number of nitrogens with two attached hydrogens (primary N) is 2. The maximum atomic E-state index is 5.78. The predicted octanol–water partition coefficient (Wildman–Crippen LogP) is 1.26. The fourth-order valence-electron chi connectivity index (χ4n) is 1.78. The monoisotopic (exact) mass is 190 g/mol. The second-order valence-electron chi connectivity index (χ2n) is 3.67. The fourth-order valence-corrected chi connectivity index (χ4v) is 1.78. The van der Waals surface area contributed by atoms with Crippen LogP contribution in [0.3, 0.4) is 0 Å². The van der Waals surface area contributed by atoms with E-state index in [0.717, 1.165) is 16.5 Å². The summed E-state index contributed by atoms with van der Waals surface area (Å²) < 4.78 is 0. The largest absolute Gasteiger partial charge is 0.382 e. The zero-order valence-corrected chi connectivity index (χ0v) is 8.63. The number of rotatable bonds is 0. The van der Waals surface area contributed by atoms with Gasteiger partial charge >= 0.3 is 0 Å². The molecule has 0 radical (unpaired) electrons. The molecule has 0 saturated carbocycles. The molecule has 4 heteroatoms. The van der Waals surface area contributed by atoms with Crippen LogP contribution < -0.4 is 11.6 Å². The number of anilines is 1. The first-order chi connectivity index (χ1) is 6.52. The molecular weight excluding hydrogens is 176 g/mol. The Morgan fingerprint density at radius 3 is 2.50 bits per heavy atom. The third-order valence-corrected chi connectivity index (χ3v) is 2.86. The predicted molar refractivity (Wildman–Crippen MR) is 58.5 cm³/mol. The maximum Gasteiger partial charge on any atom is 0.155 e. The van der Waals surface area contributed by atoms with Crippen LogP contribution in [0, 0.1) is 20.8 Å². The Morgan fingerprint density at radius 1 is 1.21 bits per heavy atom. The summed E-state index contributed by atoms with van der Waals surface area (Å²) in [5.74, 6) is 6.19. The summed E-state index contributed by atoms with van der Waals surface area (Å²) in [5, 5.41) is 4.97. The number of nitrogen functional groups attached to an aromatic ring is 2. The maximum absolute atomic E-state index is 5.78. The van der Waals surface area contributed by atoms with Gasteiger partial charge in [0, 0.05) is 5.39 Å². The molecule has 0 amide bonds. The quantitative estimate of drug-likeness (QED) is 0.614. The number of hydrogen-bond acceptors (Lipinski definition) is 3. The highest BCUT2D eigenvalue weighted by Gasteiger charge is 2.11. The van der Waals surface area contributed by atoms with Crippen LogP contribution in [0.5, 0.6) is 0 Å². The second-order valence-corrected chi connectivity index (χ2v) is 3.67. The molecule has 0 atom stereocenters. The highest BCUT2D eigenvalue weighted by molar-refractivity contribution is 5.93. The van der Waals surface area contributed by atoms with Crippen molar-refractivity contribution in [3.8, 4) is 0 Å². The van der Waals surface area contributed by atoms with Crippen LogP contribution in [0.2, 0.25) is 0 Å². The zero-order valence-electron chi connectivity index (χ0n) is 8.63. The fraction of sp³-hybridized carbons (Fsp3) is 0.300. The van der Waals surface area contributed by atoms with Gasteiger partial charge in [-0.15, -0.1) is 5.10 Å². The van der Waals surface area contributed by atoms with Crippen molar-refractivity contribution in [1.82, 2.24) is 9.89 Å². The molecule has 1 heterocycles. The van der Waals surface area contributed by atoms with Gasteiger partial charge in [0.1, 0.15) is 0 Å². The Kier molecular flexibility index (Phi) is 1.67. The van der Waals surface area contributed by atoms with Gasteiger partial charge in [0.15, 0.2) is 5.82 Å². The standard InChI is InChI=1S/C10H14N4/c1-5-4-8-9(7(3)6(5)2)10(11)13-14(8)12/h4H,12H2,1-3H3,(H2,11,13). The molecule has 2 rings (SSSR count). The van der Waals surface area contributed by atoms with Gasteiger partial charge in [-0.25, -0.2) is 0 Å². The van der Waals surface area contributed by atoms with E-state index in [1.54, 1.807) is 0 Å². The van der Waals surface area contributed by atoms with Gasteiger partial charge in [0.05, 0.1) is 5.52 Å². The van der Waals surface area contributed by atoms with Crippen LogP contribution in [0.4, 0.5) is 5.82 Å². The number of benzene rings is 1.